The van der Waals surface area contributed by atoms with Crippen LogP contribution in [0.15, 0.2) is 0 Å². The van der Waals surface area contributed by atoms with Gasteiger partial charge in [-0.2, -0.15) is 0 Å². The molecule has 0 saturated carbocycles. The predicted molar refractivity (Wildman–Crippen MR) is 83.7 cm³/mol. The number of hydrogen-bond donors (Lipinski definition) is 0. The Kier molecular flexibility index (Phi) is 5.85. The van der Waals surface area contributed by atoms with Gasteiger partial charge in [0.05, 0.1) is 0 Å². The molecular weight excluding hydrogens is 251 g/mol. The van der Waals surface area contributed by atoms with Crippen molar-refractivity contribution in [2.45, 2.75) is 59.2 Å². The number of rotatable bonds is 4. The zero-order valence-corrected chi connectivity index (χ0v) is 13.8. The van der Waals surface area contributed by atoms with Gasteiger partial charge in [-0.3, -0.25) is 0 Å². The van der Waals surface area contributed by atoms with Gasteiger partial charge in [0.15, 0.2) is 0 Å². The van der Waals surface area contributed by atoms with Crippen LogP contribution in [-0.2, 0) is 0 Å². The lowest BCUT2D eigenvalue weighted by molar-refractivity contribution is 0.0420. The highest BCUT2D eigenvalue weighted by Crippen LogP contribution is 2.29. The van der Waals surface area contributed by atoms with E-state index in [1.165, 1.54) is 25.9 Å². The van der Waals surface area contributed by atoms with Gasteiger partial charge in [-0.05, 0) is 70.5 Å². The Labute approximate surface area is 124 Å². The summed E-state index contributed by atoms with van der Waals surface area (Å²) in [6.45, 7) is 14.2. The standard InChI is InChI=1S/C17H33FN2/c1-13(2)16-7-8-19(12-17(16)18)11-15-5-9-20(10-6-15)14(3)4/h13-17H,5-12H2,1-4H3/t16-,17-/m0/s1. The van der Waals surface area contributed by atoms with Gasteiger partial charge in [0.1, 0.15) is 6.17 Å². The molecule has 0 aromatic carbocycles. The molecule has 0 aliphatic carbocycles. The SMILES string of the molecule is CC(C)[C@@H]1CCN(CC2CCN(C(C)C)CC2)C[C@@H]1F. The quantitative estimate of drug-likeness (QED) is 0.780. The van der Waals surface area contributed by atoms with Crippen molar-refractivity contribution in [3.8, 4) is 0 Å². The molecule has 0 amide bonds. The van der Waals surface area contributed by atoms with Crippen molar-refractivity contribution in [3.63, 3.8) is 0 Å². The Bertz CT molecular complexity index is 285. The van der Waals surface area contributed by atoms with Crippen LogP contribution < -0.4 is 0 Å². The monoisotopic (exact) mass is 284 g/mol. The zero-order valence-electron chi connectivity index (χ0n) is 13.8. The minimum absolute atomic E-state index is 0.286. The maximum Gasteiger partial charge on any atom is 0.116 e. The molecule has 0 radical (unpaired) electrons. The van der Waals surface area contributed by atoms with E-state index >= 15 is 0 Å². The summed E-state index contributed by atoms with van der Waals surface area (Å²) >= 11 is 0. The third kappa shape index (κ3) is 4.17. The van der Waals surface area contributed by atoms with Gasteiger partial charge in [0.25, 0.3) is 0 Å². The van der Waals surface area contributed by atoms with Gasteiger partial charge in [-0.15, -0.1) is 0 Å². The molecule has 2 aliphatic rings. The van der Waals surface area contributed by atoms with Gasteiger partial charge in [0, 0.05) is 19.1 Å². The van der Waals surface area contributed by atoms with E-state index in [-0.39, 0.29) is 5.92 Å². The van der Waals surface area contributed by atoms with E-state index in [1.54, 1.807) is 0 Å². The fraction of sp³-hybridized carbons (Fsp3) is 1.00. The molecule has 0 unspecified atom stereocenters. The Balaban J connectivity index is 1.73. The molecule has 0 aromatic rings. The Hall–Kier alpha value is -0.150. The molecule has 2 nitrogen and oxygen atoms in total. The second-order valence-electron chi connectivity index (χ2n) is 7.55. The second kappa shape index (κ2) is 7.22. The summed E-state index contributed by atoms with van der Waals surface area (Å²) in [5.74, 6) is 1.56. The normalized spacial score (nSPS) is 31.4. The minimum Gasteiger partial charge on any atom is -0.301 e. The highest BCUT2D eigenvalue weighted by molar-refractivity contribution is 4.84. The van der Waals surface area contributed by atoms with Crippen molar-refractivity contribution < 1.29 is 4.39 Å². The molecule has 0 N–H and O–H groups in total. The van der Waals surface area contributed by atoms with Crippen molar-refractivity contribution in [1.29, 1.82) is 0 Å². The van der Waals surface area contributed by atoms with Crippen LogP contribution in [0.4, 0.5) is 4.39 Å². The molecular formula is C17H33FN2. The molecule has 2 heterocycles. The molecule has 0 aromatic heterocycles. The Morgan fingerprint density at radius 1 is 1.00 bits per heavy atom. The fourth-order valence-electron chi connectivity index (χ4n) is 3.92. The summed E-state index contributed by atoms with van der Waals surface area (Å²) in [5, 5.41) is 0. The lowest BCUT2D eigenvalue weighted by atomic mass is 9.84. The van der Waals surface area contributed by atoms with Gasteiger partial charge < -0.3 is 9.80 Å². The van der Waals surface area contributed by atoms with E-state index in [0.717, 1.165) is 25.4 Å². The molecule has 2 rings (SSSR count). The summed E-state index contributed by atoms with van der Waals surface area (Å²) in [4.78, 5) is 4.96. The van der Waals surface area contributed by atoms with Crippen LogP contribution in [0.1, 0.15) is 47.0 Å². The van der Waals surface area contributed by atoms with E-state index in [0.29, 0.717) is 18.5 Å². The highest BCUT2D eigenvalue weighted by Gasteiger charge is 2.32. The molecule has 3 heteroatoms. The van der Waals surface area contributed by atoms with Gasteiger partial charge in [0.2, 0.25) is 0 Å². The van der Waals surface area contributed by atoms with Crippen molar-refractivity contribution >= 4 is 0 Å². The molecule has 2 saturated heterocycles. The summed E-state index contributed by atoms with van der Waals surface area (Å²) in [5.41, 5.74) is 0. The van der Waals surface area contributed by atoms with Crippen LogP contribution in [0.2, 0.25) is 0 Å². The third-order valence-electron chi connectivity index (χ3n) is 5.43. The first-order valence-electron chi connectivity index (χ1n) is 8.57. The van der Waals surface area contributed by atoms with Crippen molar-refractivity contribution in [3.05, 3.63) is 0 Å². The van der Waals surface area contributed by atoms with Gasteiger partial charge in [-0.25, -0.2) is 4.39 Å². The van der Waals surface area contributed by atoms with Crippen molar-refractivity contribution in [1.82, 2.24) is 9.80 Å². The van der Waals surface area contributed by atoms with Crippen LogP contribution >= 0.6 is 0 Å². The molecule has 20 heavy (non-hydrogen) atoms. The van der Waals surface area contributed by atoms with Crippen LogP contribution in [0.3, 0.4) is 0 Å². The van der Waals surface area contributed by atoms with Crippen molar-refractivity contribution in [2.75, 3.05) is 32.7 Å². The average Bonchev–Trinajstić information content (AvgIpc) is 2.39. The Morgan fingerprint density at radius 2 is 1.65 bits per heavy atom. The van der Waals surface area contributed by atoms with Crippen LogP contribution in [0.5, 0.6) is 0 Å². The number of nitrogens with zero attached hydrogens (tertiary/aromatic N) is 2. The maximum absolute atomic E-state index is 14.2. The number of alkyl halides is 1. The molecule has 2 fully saturated rings. The fourth-order valence-corrected chi connectivity index (χ4v) is 3.92. The molecule has 2 aliphatic heterocycles. The zero-order chi connectivity index (χ0) is 14.7. The third-order valence-corrected chi connectivity index (χ3v) is 5.43. The predicted octanol–water partition coefficient (Wildman–Crippen LogP) is 3.42. The number of likely N-dealkylation sites (tertiary alicyclic amines) is 2. The number of halogens is 1. The smallest absolute Gasteiger partial charge is 0.116 e. The van der Waals surface area contributed by atoms with Crippen LogP contribution in [-0.4, -0.2) is 54.7 Å². The minimum atomic E-state index is -0.612. The summed E-state index contributed by atoms with van der Waals surface area (Å²) < 4.78 is 14.2. The van der Waals surface area contributed by atoms with E-state index in [1.807, 2.05) is 0 Å². The Morgan fingerprint density at radius 3 is 2.15 bits per heavy atom. The van der Waals surface area contributed by atoms with Gasteiger partial charge in [-0.1, -0.05) is 13.8 Å². The number of hydrogen-bond acceptors (Lipinski definition) is 2. The van der Waals surface area contributed by atoms with Crippen molar-refractivity contribution in [2.24, 2.45) is 17.8 Å². The number of piperidine rings is 2. The van der Waals surface area contributed by atoms with E-state index in [4.69, 9.17) is 0 Å². The largest absolute Gasteiger partial charge is 0.301 e. The lowest BCUT2D eigenvalue weighted by Crippen LogP contribution is -2.47. The average molecular weight is 284 g/mol. The topological polar surface area (TPSA) is 6.48 Å². The highest BCUT2D eigenvalue weighted by atomic mass is 19.1. The molecule has 2 atom stereocenters. The second-order valence-corrected chi connectivity index (χ2v) is 7.55. The first-order valence-corrected chi connectivity index (χ1v) is 8.57. The summed E-state index contributed by atoms with van der Waals surface area (Å²) in [6.07, 6.45) is 3.02. The van der Waals surface area contributed by atoms with E-state index in [9.17, 15) is 4.39 Å². The maximum atomic E-state index is 14.2. The van der Waals surface area contributed by atoms with Gasteiger partial charge >= 0.3 is 0 Å². The summed E-state index contributed by atoms with van der Waals surface area (Å²) in [7, 11) is 0. The molecule has 118 valence electrons. The molecule has 0 spiro atoms. The first kappa shape index (κ1) is 16.2. The first-order chi connectivity index (χ1) is 9.47. The lowest BCUT2D eigenvalue weighted by Gasteiger charge is -2.40. The van der Waals surface area contributed by atoms with E-state index < -0.39 is 6.17 Å². The van der Waals surface area contributed by atoms with Crippen LogP contribution in [0, 0.1) is 17.8 Å². The van der Waals surface area contributed by atoms with E-state index in [2.05, 4.69) is 37.5 Å². The molecule has 0 bridgehead atoms. The summed E-state index contributed by atoms with van der Waals surface area (Å²) in [6, 6.07) is 0.674. The van der Waals surface area contributed by atoms with Crippen LogP contribution in [0.25, 0.3) is 0 Å².